The number of amides is 2. The third kappa shape index (κ3) is 2.82. The molecule has 2 amide bonds. The summed E-state index contributed by atoms with van der Waals surface area (Å²) in [6.07, 6.45) is 4.33. The van der Waals surface area contributed by atoms with E-state index in [1.807, 2.05) is 24.3 Å². The van der Waals surface area contributed by atoms with Crippen LogP contribution < -0.4 is 4.74 Å². The summed E-state index contributed by atoms with van der Waals surface area (Å²) in [5.74, 6) is 5.32. The number of carbonyl (C=O) groups excluding carboxylic acids is 2. The van der Waals surface area contributed by atoms with E-state index in [4.69, 9.17) is 4.74 Å². The number of fused-ring (bicyclic) bond motifs is 5. The number of rotatable bonds is 5. The van der Waals surface area contributed by atoms with Crippen molar-refractivity contribution in [2.45, 2.75) is 51.2 Å². The fourth-order valence-corrected chi connectivity index (χ4v) is 5.33. The molecule has 148 valence electrons. The molecule has 5 nitrogen and oxygen atoms in total. The molecule has 5 atom stereocenters. The summed E-state index contributed by atoms with van der Waals surface area (Å²) in [5, 5.41) is 11.3. The van der Waals surface area contributed by atoms with Crippen molar-refractivity contribution in [3.8, 4) is 17.6 Å². The predicted octanol–water partition coefficient (Wildman–Crippen LogP) is 2.76. The molecule has 1 aromatic carbocycles. The van der Waals surface area contributed by atoms with E-state index in [1.54, 1.807) is 7.11 Å². The van der Waals surface area contributed by atoms with Crippen LogP contribution in [-0.4, -0.2) is 34.5 Å². The number of unbranched alkanes of at least 4 members (excludes halogenated alkanes) is 2. The molecular formula is C23H27NO4. The molecule has 1 aliphatic heterocycles. The van der Waals surface area contributed by atoms with Gasteiger partial charge in [0.25, 0.3) is 0 Å². The molecule has 2 saturated carbocycles. The van der Waals surface area contributed by atoms with Crippen LogP contribution in [0.25, 0.3) is 0 Å². The van der Waals surface area contributed by atoms with Crippen LogP contribution in [0.3, 0.4) is 0 Å². The average molecular weight is 381 g/mol. The van der Waals surface area contributed by atoms with Gasteiger partial charge in [0.15, 0.2) is 0 Å². The lowest BCUT2D eigenvalue weighted by molar-refractivity contribution is -0.143. The molecule has 2 aliphatic carbocycles. The van der Waals surface area contributed by atoms with E-state index in [1.165, 1.54) is 4.90 Å². The lowest BCUT2D eigenvalue weighted by Crippen LogP contribution is -2.41. The molecule has 1 saturated heterocycles. The zero-order valence-electron chi connectivity index (χ0n) is 16.5. The van der Waals surface area contributed by atoms with Gasteiger partial charge in [0.2, 0.25) is 11.8 Å². The van der Waals surface area contributed by atoms with Crippen molar-refractivity contribution in [1.29, 1.82) is 0 Å². The molecule has 0 radical (unpaired) electrons. The van der Waals surface area contributed by atoms with Crippen LogP contribution in [0, 0.1) is 35.5 Å². The molecule has 4 rings (SSSR count). The number of likely N-dealkylation sites (tertiary alicyclic amines) is 1. The SMILES string of the molecule is CCCCC#CC1(O)[C@@H]2CC[C@H]1[C@@H]1C(=O)N(Cc3ccc(OC)cc3)C(=O)[C@@H]12. The van der Waals surface area contributed by atoms with Crippen molar-refractivity contribution in [1.82, 2.24) is 4.90 Å². The van der Waals surface area contributed by atoms with Gasteiger partial charge in [-0.05, 0) is 37.0 Å². The number of imide groups is 1. The quantitative estimate of drug-likeness (QED) is 0.484. The van der Waals surface area contributed by atoms with Crippen LogP contribution in [-0.2, 0) is 16.1 Å². The Balaban J connectivity index is 1.54. The summed E-state index contributed by atoms with van der Waals surface area (Å²) in [4.78, 5) is 27.6. The number of hydrogen-bond acceptors (Lipinski definition) is 4. The Morgan fingerprint density at radius 2 is 1.75 bits per heavy atom. The van der Waals surface area contributed by atoms with E-state index in [9.17, 15) is 14.7 Å². The Hall–Kier alpha value is -2.32. The molecule has 1 N–H and O–H groups in total. The summed E-state index contributed by atoms with van der Waals surface area (Å²) >= 11 is 0. The number of hydrogen-bond donors (Lipinski definition) is 1. The first kappa shape index (κ1) is 19.0. The molecule has 0 spiro atoms. The van der Waals surface area contributed by atoms with Crippen molar-refractivity contribution >= 4 is 11.8 Å². The minimum absolute atomic E-state index is 0.146. The highest BCUT2D eigenvalue weighted by molar-refractivity contribution is 6.06. The highest BCUT2D eigenvalue weighted by Gasteiger charge is 2.70. The maximum absolute atomic E-state index is 13.1. The van der Waals surface area contributed by atoms with E-state index in [0.717, 1.165) is 43.4 Å². The highest BCUT2D eigenvalue weighted by atomic mass is 16.5. The molecule has 1 aromatic rings. The number of aliphatic hydroxyl groups is 1. The first-order valence-corrected chi connectivity index (χ1v) is 10.2. The number of benzene rings is 1. The van der Waals surface area contributed by atoms with Gasteiger partial charge in [0, 0.05) is 18.3 Å². The van der Waals surface area contributed by atoms with Gasteiger partial charge < -0.3 is 9.84 Å². The van der Waals surface area contributed by atoms with Gasteiger partial charge in [-0.1, -0.05) is 31.4 Å². The molecule has 1 heterocycles. The number of nitrogens with zero attached hydrogens (tertiary/aromatic N) is 1. The second-order valence-corrected chi connectivity index (χ2v) is 8.18. The number of ether oxygens (including phenoxy) is 1. The molecular weight excluding hydrogens is 354 g/mol. The normalized spacial score (nSPS) is 33.0. The van der Waals surface area contributed by atoms with E-state index in [-0.39, 0.29) is 30.2 Å². The van der Waals surface area contributed by atoms with Crippen LogP contribution in [0.4, 0.5) is 0 Å². The first-order chi connectivity index (χ1) is 13.5. The Morgan fingerprint density at radius 1 is 1.14 bits per heavy atom. The lowest BCUT2D eigenvalue weighted by atomic mass is 9.81. The van der Waals surface area contributed by atoms with Crippen LogP contribution in [0.2, 0.25) is 0 Å². The third-order valence-corrected chi connectivity index (χ3v) is 6.72. The van der Waals surface area contributed by atoms with E-state index < -0.39 is 17.4 Å². The molecule has 2 bridgehead atoms. The van der Waals surface area contributed by atoms with Crippen molar-refractivity contribution in [3.05, 3.63) is 29.8 Å². The first-order valence-electron chi connectivity index (χ1n) is 10.2. The van der Waals surface area contributed by atoms with Crippen molar-refractivity contribution in [2.75, 3.05) is 7.11 Å². The topological polar surface area (TPSA) is 66.8 Å². The van der Waals surface area contributed by atoms with Crippen LogP contribution >= 0.6 is 0 Å². The number of methoxy groups -OCH3 is 1. The average Bonchev–Trinajstić information content (AvgIpc) is 3.25. The van der Waals surface area contributed by atoms with Gasteiger partial charge in [-0.25, -0.2) is 0 Å². The minimum Gasteiger partial charge on any atom is -0.497 e. The summed E-state index contributed by atoms with van der Waals surface area (Å²) in [5.41, 5.74) is -0.287. The second kappa shape index (κ2) is 7.25. The Labute approximate surface area is 166 Å². The molecule has 1 unspecified atom stereocenters. The Morgan fingerprint density at radius 3 is 2.29 bits per heavy atom. The standard InChI is InChI=1S/C23H27NO4/c1-3-4-5-6-13-23(27)17-11-12-18(23)20-19(17)21(25)24(22(20)26)14-15-7-9-16(28-2)10-8-15/h7-10,17-20,27H,3-5,11-12,14H2,1-2H3/t17-,18+,19-,20+,23?. The number of carbonyl (C=O) groups is 2. The van der Waals surface area contributed by atoms with Crippen molar-refractivity contribution < 1.29 is 19.4 Å². The maximum atomic E-state index is 13.1. The van der Waals surface area contributed by atoms with Crippen LogP contribution in [0.5, 0.6) is 5.75 Å². The zero-order valence-corrected chi connectivity index (χ0v) is 16.5. The van der Waals surface area contributed by atoms with E-state index in [0.29, 0.717) is 0 Å². The van der Waals surface area contributed by atoms with Crippen molar-refractivity contribution in [2.24, 2.45) is 23.7 Å². The maximum Gasteiger partial charge on any atom is 0.233 e. The minimum atomic E-state index is -1.18. The zero-order chi connectivity index (χ0) is 19.9. The fourth-order valence-electron chi connectivity index (χ4n) is 5.33. The molecule has 5 heteroatoms. The van der Waals surface area contributed by atoms with Crippen LogP contribution in [0.1, 0.15) is 44.6 Å². The summed E-state index contributed by atoms with van der Waals surface area (Å²) in [7, 11) is 1.60. The summed E-state index contributed by atoms with van der Waals surface area (Å²) in [6, 6.07) is 7.40. The third-order valence-electron chi connectivity index (χ3n) is 6.72. The van der Waals surface area contributed by atoms with Gasteiger partial charge in [0.1, 0.15) is 11.4 Å². The largest absolute Gasteiger partial charge is 0.497 e. The van der Waals surface area contributed by atoms with Gasteiger partial charge >= 0.3 is 0 Å². The second-order valence-electron chi connectivity index (χ2n) is 8.18. The monoisotopic (exact) mass is 381 g/mol. The smallest absolute Gasteiger partial charge is 0.233 e. The molecule has 28 heavy (non-hydrogen) atoms. The predicted molar refractivity (Wildman–Crippen MR) is 104 cm³/mol. The van der Waals surface area contributed by atoms with E-state index >= 15 is 0 Å². The lowest BCUT2D eigenvalue weighted by Gasteiger charge is -2.26. The molecule has 0 aromatic heterocycles. The summed E-state index contributed by atoms with van der Waals surface area (Å²) < 4.78 is 5.16. The molecule has 3 fully saturated rings. The molecule has 3 aliphatic rings. The Bertz CT molecular complexity index is 804. The highest BCUT2D eigenvalue weighted by Crippen LogP contribution is 2.61. The summed E-state index contributed by atoms with van der Waals surface area (Å²) in [6.45, 7) is 2.38. The van der Waals surface area contributed by atoms with Gasteiger partial charge in [-0.2, -0.15) is 0 Å². The van der Waals surface area contributed by atoms with Gasteiger partial charge in [0.05, 0.1) is 25.5 Å². The van der Waals surface area contributed by atoms with Gasteiger partial charge in [-0.15, -0.1) is 5.92 Å². The van der Waals surface area contributed by atoms with Gasteiger partial charge in [-0.3, -0.25) is 14.5 Å². The van der Waals surface area contributed by atoms with Crippen LogP contribution in [0.15, 0.2) is 24.3 Å². The fraction of sp³-hybridized carbons (Fsp3) is 0.565. The van der Waals surface area contributed by atoms with Crippen molar-refractivity contribution in [3.63, 3.8) is 0 Å². The Kier molecular flexibility index (Phi) is 4.93. The van der Waals surface area contributed by atoms with E-state index in [2.05, 4.69) is 18.8 Å².